The number of carboxylic acids is 1. The normalized spacial score (nSPS) is 14.3. The van der Waals surface area contributed by atoms with Crippen molar-refractivity contribution >= 4 is 30.0 Å². The van der Waals surface area contributed by atoms with E-state index in [4.69, 9.17) is 14.6 Å². The second-order valence-electron chi connectivity index (χ2n) is 6.66. The molecule has 1 fully saturated rings. The summed E-state index contributed by atoms with van der Waals surface area (Å²) in [5, 5.41) is 11.4. The number of ether oxygens (including phenoxy) is 3. The van der Waals surface area contributed by atoms with Crippen molar-refractivity contribution in [2.45, 2.75) is 6.61 Å². The molecule has 32 heavy (non-hydrogen) atoms. The van der Waals surface area contributed by atoms with Crippen LogP contribution in [0.1, 0.15) is 21.5 Å². The maximum Gasteiger partial charge on any atom is 0.335 e. The van der Waals surface area contributed by atoms with Gasteiger partial charge < -0.3 is 24.6 Å². The number of carbonyl (C=O) groups excluding carboxylic acids is 3. The van der Waals surface area contributed by atoms with Gasteiger partial charge in [-0.2, -0.15) is 0 Å². The Hall–Kier alpha value is -4.34. The van der Waals surface area contributed by atoms with E-state index in [0.717, 1.165) is 10.5 Å². The summed E-state index contributed by atoms with van der Waals surface area (Å²) < 4.78 is 15.6. The van der Waals surface area contributed by atoms with Gasteiger partial charge in [0.15, 0.2) is 11.5 Å². The van der Waals surface area contributed by atoms with Crippen LogP contribution in [0.4, 0.5) is 4.79 Å². The molecule has 0 aromatic heterocycles. The Morgan fingerprint density at radius 3 is 2.41 bits per heavy atom. The number of hydrogen-bond acceptors (Lipinski definition) is 7. The summed E-state index contributed by atoms with van der Waals surface area (Å²) in [6, 6.07) is 10.5. The first-order chi connectivity index (χ1) is 15.3. The van der Waals surface area contributed by atoms with Crippen molar-refractivity contribution in [3.8, 4) is 11.5 Å². The van der Waals surface area contributed by atoms with E-state index in [9.17, 15) is 19.2 Å². The Balaban J connectivity index is 1.72. The maximum atomic E-state index is 12.4. The Morgan fingerprint density at radius 2 is 1.78 bits per heavy atom. The van der Waals surface area contributed by atoms with E-state index in [0.29, 0.717) is 17.1 Å². The molecule has 10 heteroatoms. The number of nitrogens with zero attached hydrogens (tertiary/aromatic N) is 1. The van der Waals surface area contributed by atoms with Crippen molar-refractivity contribution in [1.82, 2.24) is 10.2 Å². The molecule has 166 valence electrons. The first-order valence-corrected chi connectivity index (χ1v) is 9.36. The van der Waals surface area contributed by atoms with Crippen LogP contribution in [0.2, 0.25) is 0 Å². The van der Waals surface area contributed by atoms with Crippen molar-refractivity contribution in [2.24, 2.45) is 0 Å². The van der Waals surface area contributed by atoms with E-state index >= 15 is 0 Å². The summed E-state index contributed by atoms with van der Waals surface area (Å²) in [6.07, 6.45) is 1.45. The number of nitrogens with one attached hydrogen (secondary N) is 1. The Labute approximate surface area is 183 Å². The minimum atomic E-state index is -1.01. The average molecular weight is 440 g/mol. The number of amides is 3. The van der Waals surface area contributed by atoms with Crippen molar-refractivity contribution in [3.05, 3.63) is 64.9 Å². The van der Waals surface area contributed by atoms with Crippen LogP contribution in [-0.2, 0) is 20.9 Å². The minimum Gasteiger partial charge on any atom is -0.493 e. The van der Waals surface area contributed by atoms with Crippen LogP contribution in [0.15, 0.2) is 48.2 Å². The van der Waals surface area contributed by atoms with E-state index in [1.807, 2.05) is 0 Å². The molecule has 1 saturated heterocycles. The lowest BCUT2D eigenvalue weighted by Crippen LogP contribution is -2.36. The van der Waals surface area contributed by atoms with Crippen LogP contribution >= 0.6 is 0 Å². The number of benzene rings is 2. The smallest absolute Gasteiger partial charge is 0.335 e. The summed E-state index contributed by atoms with van der Waals surface area (Å²) in [6.45, 7) is -0.296. The van der Waals surface area contributed by atoms with Crippen molar-refractivity contribution in [2.75, 3.05) is 20.8 Å². The summed E-state index contributed by atoms with van der Waals surface area (Å²) in [7, 11) is 2.62. The van der Waals surface area contributed by atoms with Gasteiger partial charge in [0.25, 0.3) is 5.91 Å². The van der Waals surface area contributed by atoms with E-state index in [1.165, 1.54) is 32.4 Å². The molecule has 0 saturated carbocycles. The van der Waals surface area contributed by atoms with E-state index in [2.05, 4.69) is 10.1 Å². The number of aromatic carboxylic acids is 1. The third-order valence-electron chi connectivity index (χ3n) is 4.57. The van der Waals surface area contributed by atoms with Crippen LogP contribution in [0.25, 0.3) is 6.08 Å². The van der Waals surface area contributed by atoms with Gasteiger partial charge in [0, 0.05) is 0 Å². The Kier molecular flexibility index (Phi) is 6.74. The molecular weight excluding hydrogens is 420 g/mol. The molecule has 1 aliphatic rings. The van der Waals surface area contributed by atoms with Crippen LogP contribution in [0, 0.1) is 0 Å². The quantitative estimate of drug-likeness (QED) is 0.362. The highest BCUT2D eigenvalue weighted by atomic mass is 16.5. The second kappa shape index (κ2) is 9.65. The monoisotopic (exact) mass is 440 g/mol. The Bertz CT molecular complexity index is 1090. The highest BCUT2D eigenvalue weighted by Gasteiger charge is 2.35. The van der Waals surface area contributed by atoms with Gasteiger partial charge >= 0.3 is 18.0 Å². The fourth-order valence-corrected chi connectivity index (χ4v) is 2.87. The molecule has 1 heterocycles. The van der Waals surface area contributed by atoms with Gasteiger partial charge in [0.1, 0.15) is 18.8 Å². The lowest BCUT2D eigenvalue weighted by molar-refractivity contribution is -0.143. The maximum absolute atomic E-state index is 12.4. The lowest BCUT2D eigenvalue weighted by Gasteiger charge is -2.12. The predicted molar refractivity (Wildman–Crippen MR) is 111 cm³/mol. The molecule has 2 aromatic carbocycles. The highest BCUT2D eigenvalue weighted by molar-refractivity contribution is 6.15. The van der Waals surface area contributed by atoms with Gasteiger partial charge in [-0.3, -0.25) is 9.59 Å². The fourth-order valence-electron chi connectivity index (χ4n) is 2.87. The van der Waals surface area contributed by atoms with Crippen molar-refractivity contribution < 1.29 is 38.5 Å². The van der Waals surface area contributed by atoms with Gasteiger partial charge in [-0.15, -0.1) is 0 Å². The number of imide groups is 1. The van der Waals surface area contributed by atoms with Gasteiger partial charge in [-0.1, -0.05) is 18.2 Å². The molecule has 0 spiro atoms. The number of esters is 1. The topological polar surface area (TPSA) is 131 Å². The zero-order valence-corrected chi connectivity index (χ0v) is 17.3. The summed E-state index contributed by atoms with van der Waals surface area (Å²) in [5.41, 5.74) is 1.52. The average Bonchev–Trinajstić information content (AvgIpc) is 3.05. The van der Waals surface area contributed by atoms with Crippen LogP contribution in [0.3, 0.4) is 0 Å². The molecule has 0 radical (unpaired) electrons. The van der Waals surface area contributed by atoms with E-state index in [1.54, 1.807) is 30.3 Å². The number of methoxy groups -OCH3 is 2. The molecule has 0 unspecified atom stereocenters. The van der Waals surface area contributed by atoms with Crippen LogP contribution in [0.5, 0.6) is 11.5 Å². The zero-order valence-electron chi connectivity index (χ0n) is 17.3. The molecule has 2 N–H and O–H groups in total. The Morgan fingerprint density at radius 1 is 1.06 bits per heavy atom. The standard InChI is InChI=1S/C22H20N2O8/c1-30-18-10-14(9-16-20(26)24(22(29)23-16)11-19(25)31-2)5-8-17(18)32-12-13-3-6-15(7-4-13)21(27)28/h3-10H,11-12H2,1-2H3,(H,23,29)(H,27,28)/b16-9+. The molecule has 0 atom stereocenters. The molecule has 3 amide bonds. The molecule has 0 bridgehead atoms. The minimum absolute atomic E-state index is 0.00754. The summed E-state index contributed by atoms with van der Waals surface area (Å²) >= 11 is 0. The number of urea groups is 1. The third-order valence-corrected chi connectivity index (χ3v) is 4.57. The number of carboxylic acid groups (broad SMARTS) is 1. The largest absolute Gasteiger partial charge is 0.493 e. The van der Waals surface area contributed by atoms with E-state index in [-0.39, 0.29) is 17.9 Å². The summed E-state index contributed by atoms with van der Waals surface area (Å²) in [5.74, 6) is -1.54. The number of carbonyl (C=O) groups is 4. The van der Waals surface area contributed by atoms with E-state index < -0.39 is 30.4 Å². The number of rotatable bonds is 8. The molecule has 0 aliphatic carbocycles. The zero-order chi connectivity index (χ0) is 23.3. The molecular formula is C22H20N2O8. The summed E-state index contributed by atoms with van der Waals surface area (Å²) in [4.78, 5) is 47.4. The fraction of sp³-hybridized carbons (Fsp3) is 0.182. The first kappa shape index (κ1) is 22.3. The highest BCUT2D eigenvalue weighted by Crippen LogP contribution is 2.30. The third kappa shape index (κ3) is 5.04. The van der Waals surface area contributed by atoms with Crippen LogP contribution in [-0.4, -0.2) is 54.6 Å². The van der Waals surface area contributed by atoms with Crippen LogP contribution < -0.4 is 14.8 Å². The predicted octanol–water partition coefficient (Wildman–Crippen LogP) is 2.04. The second-order valence-corrected chi connectivity index (χ2v) is 6.66. The first-order valence-electron chi connectivity index (χ1n) is 9.36. The molecule has 3 rings (SSSR count). The van der Waals surface area contributed by atoms with Gasteiger partial charge in [-0.25, -0.2) is 14.5 Å². The van der Waals surface area contributed by atoms with Crippen molar-refractivity contribution in [3.63, 3.8) is 0 Å². The van der Waals surface area contributed by atoms with Crippen molar-refractivity contribution in [1.29, 1.82) is 0 Å². The molecule has 2 aromatic rings. The van der Waals surface area contributed by atoms with Gasteiger partial charge in [0.2, 0.25) is 0 Å². The van der Waals surface area contributed by atoms with Gasteiger partial charge in [-0.05, 0) is 41.5 Å². The lowest BCUT2D eigenvalue weighted by atomic mass is 10.1. The SMILES string of the molecule is COC(=O)CN1C(=O)N/C(=C/c2ccc(OCc3ccc(C(=O)O)cc3)c(OC)c2)C1=O. The van der Waals surface area contributed by atoms with Gasteiger partial charge in [0.05, 0.1) is 19.8 Å². The molecule has 10 nitrogen and oxygen atoms in total. The molecule has 1 aliphatic heterocycles. The number of hydrogen-bond donors (Lipinski definition) is 2.